The maximum Gasteiger partial charge on any atom is 0.0657 e. The minimum absolute atomic E-state index is 0.140. The molecular weight excluding hydrogens is 368 g/mol. The first-order valence-corrected chi connectivity index (χ1v) is 13.1. The van der Waals surface area contributed by atoms with E-state index < -0.39 is 5.60 Å². The van der Waals surface area contributed by atoms with E-state index in [4.69, 9.17) is 0 Å². The summed E-state index contributed by atoms with van der Waals surface area (Å²) in [5.41, 5.74) is 1.91. The van der Waals surface area contributed by atoms with E-state index >= 15 is 0 Å². The van der Waals surface area contributed by atoms with Crippen LogP contribution in [0.2, 0.25) is 0 Å². The van der Waals surface area contributed by atoms with Crippen molar-refractivity contribution in [3.63, 3.8) is 0 Å². The van der Waals surface area contributed by atoms with Crippen molar-refractivity contribution in [3.05, 3.63) is 11.6 Å². The highest BCUT2D eigenvalue weighted by molar-refractivity contribution is 5.26. The van der Waals surface area contributed by atoms with E-state index in [1.54, 1.807) is 5.57 Å². The summed E-state index contributed by atoms with van der Waals surface area (Å²) < 4.78 is 0. The monoisotopic (exact) mass is 416 g/mol. The van der Waals surface area contributed by atoms with E-state index in [2.05, 4.69) is 40.7 Å². The Labute approximate surface area is 185 Å². The number of allylic oxidation sites excluding steroid dienone is 1. The van der Waals surface area contributed by atoms with Crippen molar-refractivity contribution < 1.29 is 10.2 Å². The molecule has 2 heteroatoms. The zero-order chi connectivity index (χ0) is 21.9. The molecule has 30 heavy (non-hydrogen) atoms. The van der Waals surface area contributed by atoms with Crippen molar-refractivity contribution in [2.75, 3.05) is 0 Å². The molecule has 0 bridgehead atoms. The summed E-state index contributed by atoms with van der Waals surface area (Å²) >= 11 is 0. The molecule has 4 aliphatic carbocycles. The number of hydrogen-bond donors (Lipinski definition) is 2. The van der Waals surface area contributed by atoms with Crippen LogP contribution in [-0.2, 0) is 0 Å². The summed E-state index contributed by atoms with van der Waals surface area (Å²) in [5.74, 6) is 4.46. The van der Waals surface area contributed by atoms with E-state index in [9.17, 15) is 10.2 Å². The van der Waals surface area contributed by atoms with E-state index in [-0.39, 0.29) is 6.10 Å². The molecule has 3 saturated carbocycles. The molecule has 172 valence electrons. The molecule has 0 aromatic heterocycles. The van der Waals surface area contributed by atoms with Crippen molar-refractivity contribution in [1.82, 2.24) is 0 Å². The summed E-state index contributed by atoms with van der Waals surface area (Å²) in [6.07, 6.45) is 14.4. The first-order valence-electron chi connectivity index (χ1n) is 13.1. The Hall–Kier alpha value is -0.340. The molecule has 4 aliphatic rings. The van der Waals surface area contributed by atoms with E-state index in [0.29, 0.717) is 16.7 Å². The summed E-state index contributed by atoms with van der Waals surface area (Å²) in [7, 11) is 0. The molecule has 0 heterocycles. The lowest BCUT2D eigenvalue weighted by Gasteiger charge is -2.59. The minimum atomic E-state index is -0.490. The zero-order valence-corrected chi connectivity index (χ0v) is 20.6. The molecule has 2 nitrogen and oxygen atoms in total. The third-order valence-corrected chi connectivity index (χ3v) is 10.8. The van der Waals surface area contributed by atoms with Crippen molar-refractivity contribution >= 4 is 0 Å². The Morgan fingerprint density at radius 3 is 2.40 bits per heavy atom. The van der Waals surface area contributed by atoms with Crippen LogP contribution in [0, 0.1) is 46.3 Å². The highest BCUT2D eigenvalue weighted by Crippen LogP contribution is 2.67. The second-order valence-electron chi connectivity index (χ2n) is 13.0. The maximum atomic E-state index is 10.7. The first-order chi connectivity index (χ1) is 14.0. The SMILES string of the molecule is CC(C)C(O)CC[C@@H](C)[C@H]1CC[C@H]2[C@@H]3CC=C4C[C@@](C)(O)CC[C@]4(C)[C@H]3CC[C@]12C. The normalized spacial score (nSPS) is 47.8. The van der Waals surface area contributed by atoms with E-state index in [1.807, 2.05) is 6.92 Å². The van der Waals surface area contributed by atoms with Gasteiger partial charge < -0.3 is 10.2 Å². The topological polar surface area (TPSA) is 40.5 Å². The minimum Gasteiger partial charge on any atom is -0.393 e. The van der Waals surface area contributed by atoms with Gasteiger partial charge in [0.2, 0.25) is 0 Å². The molecule has 3 fully saturated rings. The Morgan fingerprint density at radius 2 is 1.70 bits per heavy atom. The van der Waals surface area contributed by atoms with Gasteiger partial charge in [0.25, 0.3) is 0 Å². The van der Waals surface area contributed by atoms with Crippen molar-refractivity contribution in [1.29, 1.82) is 0 Å². The molecule has 0 aromatic rings. The fraction of sp³-hybridized carbons (Fsp3) is 0.929. The second-order valence-corrected chi connectivity index (χ2v) is 13.0. The fourth-order valence-electron chi connectivity index (χ4n) is 8.75. The predicted molar refractivity (Wildman–Crippen MR) is 125 cm³/mol. The number of aliphatic hydroxyl groups is 2. The molecule has 2 N–H and O–H groups in total. The largest absolute Gasteiger partial charge is 0.393 e. The molecule has 0 saturated heterocycles. The van der Waals surface area contributed by atoms with Crippen molar-refractivity contribution in [2.45, 2.75) is 117 Å². The van der Waals surface area contributed by atoms with Crippen LogP contribution in [0.1, 0.15) is 106 Å². The highest BCUT2D eigenvalue weighted by Gasteiger charge is 2.59. The van der Waals surface area contributed by atoms with Gasteiger partial charge in [-0.05, 0) is 117 Å². The lowest BCUT2D eigenvalue weighted by molar-refractivity contribution is -0.0710. The standard InChI is InChI=1S/C28H48O2/c1-18(2)25(29)12-7-19(3)22-10-11-23-21-9-8-20-17-26(4,30)15-16-27(20,5)24(21)13-14-28(22,23)6/h8,18-19,21-25,29-30H,7,9-17H2,1-6H3/t19-,21+,22-,23+,24+,25?,26+,27+,28-/m1/s1. The quantitative estimate of drug-likeness (QED) is 0.487. The second kappa shape index (κ2) is 7.91. The predicted octanol–water partition coefficient (Wildman–Crippen LogP) is 6.75. The molecule has 1 unspecified atom stereocenters. The van der Waals surface area contributed by atoms with Gasteiger partial charge in [0.05, 0.1) is 11.7 Å². The third kappa shape index (κ3) is 3.72. The van der Waals surface area contributed by atoms with Gasteiger partial charge in [-0.15, -0.1) is 0 Å². The summed E-state index contributed by atoms with van der Waals surface area (Å²) in [6.45, 7) is 14.0. The molecule has 0 spiro atoms. The Balaban J connectivity index is 1.49. The van der Waals surface area contributed by atoms with Gasteiger partial charge in [-0.3, -0.25) is 0 Å². The smallest absolute Gasteiger partial charge is 0.0657 e. The average Bonchev–Trinajstić information content (AvgIpc) is 3.03. The van der Waals surface area contributed by atoms with Crippen LogP contribution in [-0.4, -0.2) is 21.9 Å². The number of fused-ring (bicyclic) bond motifs is 5. The van der Waals surface area contributed by atoms with Gasteiger partial charge in [0.15, 0.2) is 0 Å². The third-order valence-electron chi connectivity index (χ3n) is 10.8. The Kier molecular flexibility index (Phi) is 6.02. The first kappa shape index (κ1) is 22.8. The molecule has 0 aromatic carbocycles. The van der Waals surface area contributed by atoms with Gasteiger partial charge in [0, 0.05) is 0 Å². The molecule has 0 amide bonds. The Bertz CT molecular complexity index is 664. The van der Waals surface area contributed by atoms with Gasteiger partial charge >= 0.3 is 0 Å². The lowest BCUT2D eigenvalue weighted by atomic mass is 9.46. The molecule has 9 atom stereocenters. The highest BCUT2D eigenvalue weighted by atomic mass is 16.3. The van der Waals surface area contributed by atoms with Crippen molar-refractivity contribution in [2.24, 2.45) is 46.3 Å². The maximum absolute atomic E-state index is 10.7. The van der Waals surface area contributed by atoms with Crippen LogP contribution >= 0.6 is 0 Å². The van der Waals surface area contributed by atoms with Crippen LogP contribution in [0.4, 0.5) is 0 Å². The van der Waals surface area contributed by atoms with Crippen LogP contribution < -0.4 is 0 Å². The van der Waals surface area contributed by atoms with E-state index in [0.717, 1.165) is 48.9 Å². The average molecular weight is 417 g/mol. The molecule has 4 rings (SSSR count). The molecule has 0 aliphatic heterocycles. The summed E-state index contributed by atoms with van der Waals surface area (Å²) in [5, 5.41) is 21.0. The summed E-state index contributed by atoms with van der Waals surface area (Å²) in [4.78, 5) is 0. The van der Waals surface area contributed by atoms with Crippen LogP contribution in [0.5, 0.6) is 0 Å². The number of hydrogen-bond acceptors (Lipinski definition) is 2. The fourth-order valence-corrected chi connectivity index (χ4v) is 8.75. The lowest BCUT2D eigenvalue weighted by Crippen LogP contribution is -2.52. The Morgan fingerprint density at radius 1 is 0.967 bits per heavy atom. The van der Waals surface area contributed by atoms with Gasteiger partial charge in [0.1, 0.15) is 0 Å². The number of aliphatic hydroxyl groups excluding tert-OH is 1. The van der Waals surface area contributed by atoms with E-state index in [1.165, 1.54) is 44.9 Å². The van der Waals surface area contributed by atoms with Crippen LogP contribution in [0.15, 0.2) is 11.6 Å². The van der Waals surface area contributed by atoms with Crippen molar-refractivity contribution in [3.8, 4) is 0 Å². The summed E-state index contributed by atoms with van der Waals surface area (Å²) in [6, 6.07) is 0. The zero-order valence-electron chi connectivity index (χ0n) is 20.6. The van der Waals surface area contributed by atoms with Crippen LogP contribution in [0.25, 0.3) is 0 Å². The van der Waals surface area contributed by atoms with Gasteiger partial charge in [-0.25, -0.2) is 0 Å². The number of rotatable bonds is 5. The van der Waals surface area contributed by atoms with Crippen LogP contribution in [0.3, 0.4) is 0 Å². The van der Waals surface area contributed by atoms with Gasteiger partial charge in [-0.1, -0.05) is 46.3 Å². The molecule has 0 radical (unpaired) electrons. The van der Waals surface area contributed by atoms with Gasteiger partial charge in [-0.2, -0.15) is 0 Å². The molecular formula is C28H48O2.